The molecule has 1 saturated heterocycles. The summed E-state index contributed by atoms with van der Waals surface area (Å²) in [5.41, 5.74) is 0.229. The Kier molecular flexibility index (Phi) is 4.87. The topological polar surface area (TPSA) is 18.5 Å². The van der Waals surface area contributed by atoms with Crippen molar-refractivity contribution in [1.29, 1.82) is 0 Å². The fourth-order valence-electron chi connectivity index (χ4n) is 2.66. The van der Waals surface area contributed by atoms with Gasteiger partial charge in [-0.15, -0.1) is 0 Å². The molecule has 2 aliphatic rings. The minimum Gasteiger partial charge on any atom is -0.353 e. The normalized spacial score (nSPS) is 26.6. The second-order valence-corrected chi connectivity index (χ2v) is 6.24. The van der Waals surface area contributed by atoms with Gasteiger partial charge >= 0.3 is 0 Å². The quantitative estimate of drug-likeness (QED) is 0.590. The van der Waals surface area contributed by atoms with Crippen molar-refractivity contribution in [2.75, 3.05) is 6.61 Å². The van der Waals surface area contributed by atoms with Crippen molar-refractivity contribution in [1.82, 2.24) is 0 Å². The molecule has 0 aromatic heterocycles. The summed E-state index contributed by atoms with van der Waals surface area (Å²) in [6, 6.07) is 0. The summed E-state index contributed by atoms with van der Waals surface area (Å²) >= 11 is 0. The maximum atomic E-state index is 6.12. The first-order chi connectivity index (χ1) is 8.20. The molecule has 17 heavy (non-hydrogen) atoms. The molecule has 100 valence electrons. The van der Waals surface area contributed by atoms with Gasteiger partial charge in [-0.1, -0.05) is 39.5 Å². The summed E-state index contributed by atoms with van der Waals surface area (Å²) in [5.74, 6) is 0.855. The van der Waals surface area contributed by atoms with Gasteiger partial charge in [0.15, 0.2) is 6.29 Å². The molecule has 1 aliphatic heterocycles. The molecule has 0 spiro atoms. The van der Waals surface area contributed by atoms with Crippen LogP contribution in [0.1, 0.15) is 71.6 Å². The molecule has 1 unspecified atom stereocenters. The molecule has 0 amide bonds. The van der Waals surface area contributed by atoms with Gasteiger partial charge in [0, 0.05) is 13.0 Å². The first-order valence-electron chi connectivity index (χ1n) is 7.50. The molecule has 0 bridgehead atoms. The summed E-state index contributed by atoms with van der Waals surface area (Å²) in [5, 5.41) is 0. The van der Waals surface area contributed by atoms with Crippen LogP contribution in [0.4, 0.5) is 0 Å². The Morgan fingerprint density at radius 2 is 2.06 bits per heavy atom. The maximum absolute atomic E-state index is 6.12. The van der Waals surface area contributed by atoms with Crippen LogP contribution in [0.15, 0.2) is 0 Å². The van der Waals surface area contributed by atoms with Gasteiger partial charge < -0.3 is 9.47 Å². The average Bonchev–Trinajstić information content (AvgIpc) is 2.84. The van der Waals surface area contributed by atoms with E-state index in [0.29, 0.717) is 0 Å². The van der Waals surface area contributed by atoms with E-state index in [0.717, 1.165) is 18.9 Å². The van der Waals surface area contributed by atoms with Crippen molar-refractivity contribution < 1.29 is 9.47 Å². The lowest BCUT2D eigenvalue weighted by Gasteiger charge is -2.21. The monoisotopic (exact) mass is 240 g/mol. The SMILES string of the molecule is CC(C)CCCCCC1(OC2CCCO2)CC1. The largest absolute Gasteiger partial charge is 0.353 e. The van der Waals surface area contributed by atoms with Crippen LogP contribution >= 0.6 is 0 Å². The van der Waals surface area contributed by atoms with Crippen LogP contribution in [-0.2, 0) is 9.47 Å². The molecule has 0 aromatic carbocycles. The van der Waals surface area contributed by atoms with Crippen molar-refractivity contribution in [3.05, 3.63) is 0 Å². The number of hydrogen-bond donors (Lipinski definition) is 0. The Labute approximate surface area is 106 Å². The third-order valence-electron chi connectivity index (χ3n) is 3.99. The Bertz CT molecular complexity index is 215. The number of rotatable bonds is 8. The van der Waals surface area contributed by atoms with Crippen molar-refractivity contribution in [3.63, 3.8) is 0 Å². The molecule has 0 radical (unpaired) electrons. The smallest absolute Gasteiger partial charge is 0.158 e. The van der Waals surface area contributed by atoms with E-state index < -0.39 is 0 Å². The molecule has 1 heterocycles. The van der Waals surface area contributed by atoms with E-state index >= 15 is 0 Å². The first-order valence-corrected chi connectivity index (χ1v) is 7.50. The Balaban J connectivity index is 1.55. The molecule has 1 atom stereocenters. The number of ether oxygens (including phenoxy) is 2. The zero-order chi connectivity index (χ0) is 12.1. The summed E-state index contributed by atoms with van der Waals surface area (Å²) < 4.78 is 11.7. The highest BCUT2D eigenvalue weighted by Gasteiger charge is 2.45. The third kappa shape index (κ3) is 4.59. The second-order valence-electron chi connectivity index (χ2n) is 6.24. The first kappa shape index (κ1) is 13.4. The van der Waals surface area contributed by atoms with Crippen LogP contribution in [0.3, 0.4) is 0 Å². The lowest BCUT2D eigenvalue weighted by Crippen LogP contribution is -2.22. The van der Waals surface area contributed by atoms with Gasteiger partial charge in [0.2, 0.25) is 0 Å². The van der Waals surface area contributed by atoms with E-state index in [-0.39, 0.29) is 11.9 Å². The minimum atomic E-state index is 0.119. The van der Waals surface area contributed by atoms with Crippen LogP contribution in [0, 0.1) is 5.92 Å². The third-order valence-corrected chi connectivity index (χ3v) is 3.99. The Hall–Kier alpha value is -0.0800. The predicted octanol–water partition coefficient (Wildman–Crippen LogP) is 4.28. The zero-order valence-corrected chi connectivity index (χ0v) is 11.5. The van der Waals surface area contributed by atoms with Crippen molar-refractivity contribution in [2.45, 2.75) is 83.5 Å². The average molecular weight is 240 g/mol. The van der Waals surface area contributed by atoms with Gasteiger partial charge in [0.25, 0.3) is 0 Å². The molecular weight excluding hydrogens is 212 g/mol. The van der Waals surface area contributed by atoms with Crippen molar-refractivity contribution in [2.24, 2.45) is 5.92 Å². The minimum absolute atomic E-state index is 0.119. The zero-order valence-electron chi connectivity index (χ0n) is 11.5. The molecule has 1 saturated carbocycles. The molecule has 0 aromatic rings. The van der Waals surface area contributed by atoms with Crippen LogP contribution in [0.5, 0.6) is 0 Å². The number of hydrogen-bond acceptors (Lipinski definition) is 2. The lowest BCUT2D eigenvalue weighted by atomic mass is 10.0. The number of unbranched alkanes of at least 4 members (excludes halogenated alkanes) is 2. The lowest BCUT2D eigenvalue weighted by molar-refractivity contribution is -0.157. The summed E-state index contributed by atoms with van der Waals surface area (Å²) in [6.07, 6.45) is 11.6. The Morgan fingerprint density at radius 3 is 2.65 bits per heavy atom. The Morgan fingerprint density at radius 1 is 1.24 bits per heavy atom. The van der Waals surface area contributed by atoms with Gasteiger partial charge in [-0.2, -0.15) is 0 Å². The molecular formula is C15H28O2. The van der Waals surface area contributed by atoms with E-state index in [4.69, 9.17) is 9.47 Å². The highest BCUT2D eigenvalue weighted by molar-refractivity contribution is 4.96. The van der Waals surface area contributed by atoms with Crippen molar-refractivity contribution >= 4 is 0 Å². The van der Waals surface area contributed by atoms with Gasteiger partial charge in [-0.3, -0.25) is 0 Å². The van der Waals surface area contributed by atoms with Gasteiger partial charge in [-0.25, -0.2) is 0 Å². The van der Waals surface area contributed by atoms with Crippen LogP contribution < -0.4 is 0 Å². The van der Waals surface area contributed by atoms with Crippen LogP contribution in [-0.4, -0.2) is 18.5 Å². The maximum Gasteiger partial charge on any atom is 0.158 e. The van der Waals surface area contributed by atoms with Gasteiger partial charge in [0.1, 0.15) is 0 Å². The van der Waals surface area contributed by atoms with Crippen LogP contribution in [0.2, 0.25) is 0 Å². The molecule has 1 aliphatic carbocycles. The molecule has 2 rings (SSSR count). The highest BCUT2D eigenvalue weighted by atomic mass is 16.7. The summed E-state index contributed by atoms with van der Waals surface area (Å²) in [4.78, 5) is 0. The predicted molar refractivity (Wildman–Crippen MR) is 69.9 cm³/mol. The van der Waals surface area contributed by atoms with Crippen LogP contribution in [0.25, 0.3) is 0 Å². The summed E-state index contributed by atoms with van der Waals surface area (Å²) in [6.45, 7) is 5.51. The van der Waals surface area contributed by atoms with Gasteiger partial charge in [0.05, 0.1) is 5.60 Å². The van der Waals surface area contributed by atoms with E-state index in [1.807, 2.05) is 0 Å². The molecule has 2 fully saturated rings. The molecule has 2 heteroatoms. The van der Waals surface area contributed by atoms with E-state index in [1.165, 1.54) is 51.4 Å². The standard InChI is InChI=1S/C15H28O2/c1-13(2)7-4-3-5-9-15(10-11-15)17-14-8-6-12-16-14/h13-14H,3-12H2,1-2H3. The van der Waals surface area contributed by atoms with Gasteiger partial charge in [-0.05, 0) is 31.6 Å². The van der Waals surface area contributed by atoms with E-state index in [9.17, 15) is 0 Å². The fraction of sp³-hybridized carbons (Fsp3) is 1.00. The van der Waals surface area contributed by atoms with E-state index in [1.54, 1.807) is 0 Å². The van der Waals surface area contributed by atoms with Crippen molar-refractivity contribution in [3.8, 4) is 0 Å². The molecule has 2 nitrogen and oxygen atoms in total. The fourth-order valence-corrected chi connectivity index (χ4v) is 2.66. The molecule has 0 N–H and O–H groups in total. The second kappa shape index (κ2) is 6.19. The summed E-state index contributed by atoms with van der Waals surface area (Å²) in [7, 11) is 0. The highest BCUT2D eigenvalue weighted by Crippen LogP contribution is 2.46. The van der Waals surface area contributed by atoms with E-state index in [2.05, 4.69) is 13.8 Å².